The number of benzene rings is 1. The van der Waals surface area contributed by atoms with Crippen LogP contribution in [0.2, 0.25) is 0 Å². The van der Waals surface area contributed by atoms with Crippen molar-refractivity contribution in [2.45, 2.75) is 33.1 Å². The quantitative estimate of drug-likeness (QED) is 0.658. The molecule has 2 saturated heterocycles. The Bertz CT molecular complexity index is 700. The number of likely N-dealkylation sites (tertiary alicyclic amines) is 1. The first kappa shape index (κ1) is 18.6. The highest BCUT2D eigenvalue weighted by molar-refractivity contribution is 5.96. The predicted octanol–water partition coefficient (Wildman–Crippen LogP) is 2.64. The summed E-state index contributed by atoms with van der Waals surface area (Å²) in [6, 6.07) is 4.90. The first-order chi connectivity index (χ1) is 12.3. The minimum atomic E-state index is -0.377. The number of piperidine rings is 1. The van der Waals surface area contributed by atoms with Crippen LogP contribution in [-0.2, 0) is 0 Å². The van der Waals surface area contributed by atoms with Gasteiger partial charge in [-0.05, 0) is 49.3 Å². The number of anilines is 1. The molecule has 2 fully saturated rings. The third-order valence-electron chi connectivity index (χ3n) is 5.88. The number of amides is 1. The zero-order chi connectivity index (χ0) is 18.9. The maximum absolute atomic E-state index is 12.8. The molecule has 2 N–H and O–H groups in total. The topological polar surface area (TPSA) is 92.7 Å². The molecule has 0 aromatic heterocycles. The lowest BCUT2D eigenvalue weighted by Gasteiger charge is -2.31. The average Bonchev–Trinajstić information content (AvgIpc) is 3.04. The fourth-order valence-electron chi connectivity index (χ4n) is 3.87. The largest absolute Gasteiger partial charge is 0.366 e. The molecule has 1 unspecified atom stereocenters. The summed E-state index contributed by atoms with van der Waals surface area (Å²) in [5.74, 6) is 0.502. The van der Waals surface area contributed by atoms with E-state index in [0.717, 1.165) is 32.4 Å². The normalized spacial score (nSPS) is 24.1. The van der Waals surface area contributed by atoms with Gasteiger partial charge in [-0.25, -0.2) is 0 Å². The molecular formula is C19H28N4O3. The Morgan fingerprint density at radius 3 is 2.62 bits per heavy atom. The molecule has 1 aromatic carbocycles. The second-order valence-electron chi connectivity index (χ2n) is 8.12. The number of nitrogens with zero attached hydrogens (tertiary/aromatic N) is 3. The van der Waals surface area contributed by atoms with Gasteiger partial charge in [-0.15, -0.1) is 0 Å². The number of nitro benzene ring substituents is 1. The molecule has 3 rings (SSSR count). The van der Waals surface area contributed by atoms with Crippen molar-refractivity contribution in [1.82, 2.24) is 4.90 Å². The van der Waals surface area contributed by atoms with E-state index in [0.29, 0.717) is 36.8 Å². The highest BCUT2D eigenvalue weighted by Gasteiger charge is 2.36. The SMILES string of the molecule is CC1CCN(c2ccc(C(=O)N3CCC(C)(CN)C3)cc2[N+](=O)[O-])CC1. The monoisotopic (exact) mass is 360 g/mol. The molecule has 0 spiro atoms. The molecule has 1 atom stereocenters. The van der Waals surface area contributed by atoms with Crippen LogP contribution in [-0.4, -0.2) is 48.5 Å². The summed E-state index contributed by atoms with van der Waals surface area (Å²) >= 11 is 0. The summed E-state index contributed by atoms with van der Waals surface area (Å²) in [7, 11) is 0. The van der Waals surface area contributed by atoms with Crippen LogP contribution in [0, 0.1) is 21.4 Å². The number of carbonyl (C=O) groups excluding carboxylic acids is 1. The van der Waals surface area contributed by atoms with Gasteiger partial charge in [0, 0.05) is 37.8 Å². The van der Waals surface area contributed by atoms with Gasteiger partial charge in [-0.3, -0.25) is 14.9 Å². The number of nitro groups is 1. The molecular weight excluding hydrogens is 332 g/mol. The second kappa shape index (κ2) is 7.23. The molecule has 2 aliphatic rings. The van der Waals surface area contributed by atoms with Gasteiger partial charge >= 0.3 is 0 Å². The van der Waals surface area contributed by atoms with E-state index in [9.17, 15) is 14.9 Å². The minimum absolute atomic E-state index is 0.0196. The molecule has 7 heteroatoms. The van der Waals surface area contributed by atoms with Crippen LogP contribution in [0.3, 0.4) is 0 Å². The molecule has 26 heavy (non-hydrogen) atoms. The highest BCUT2D eigenvalue weighted by Crippen LogP contribution is 2.34. The van der Waals surface area contributed by atoms with Crippen LogP contribution < -0.4 is 10.6 Å². The van der Waals surface area contributed by atoms with Gasteiger partial charge in [0.1, 0.15) is 5.69 Å². The van der Waals surface area contributed by atoms with Crippen LogP contribution in [0.5, 0.6) is 0 Å². The van der Waals surface area contributed by atoms with Crippen molar-refractivity contribution in [3.05, 3.63) is 33.9 Å². The van der Waals surface area contributed by atoms with Gasteiger partial charge in [-0.1, -0.05) is 13.8 Å². The summed E-state index contributed by atoms with van der Waals surface area (Å²) in [6.45, 7) is 7.69. The summed E-state index contributed by atoms with van der Waals surface area (Å²) in [5, 5.41) is 11.6. The van der Waals surface area contributed by atoms with Crippen molar-refractivity contribution < 1.29 is 9.72 Å². The van der Waals surface area contributed by atoms with Crippen LogP contribution >= 0.6 is 0 Å². The van der Waals surface area contributed by atoms with Gasteiger partial charge < -0.3 is 15.5 Å². The zero-order valence-electron chi connectivity index (χ0n) is 15.6. The Hall–Kier alpha value is -2.15. The maximum atomic E-state index is 12.8. The van der Waals surface area contributed by atoms with Crippen molar-refractivity contribution >= 4 is 17.3 Å². The van der Waals surface area contributed by atoms with Gasteiger partial charge in [-0.2, -0.15) is 0 Å². The Balaban J connectivity index is 1.82. The zero-order valence-corrected chi connectivity index (χ0v) is 15.6. The van der Waals surface area contributed by atoms with Crippen molar-refractivity contribution in [3.63, 3.8) is 0 Å². The molecule has 0 aliphatic carbocycles. The van der Waals surface area contributed by atoms with Crippen LogP contribution in [0.1, 0.15) is 43.5 Å². The molecule has 142 valence electrons. The van der Waals surface area contributed by atoms with E-state index in [-0.39, 0.29) is 21.9 Å². The van der Waals surface area contributed by atoms with Crippen molar-refractivity contribution in [2.75, 3.05) is 37.6 Å². The lowest BCUT2D eigenvalue weighted by Crippen LogP contribution is -2.35. The Morgan fingerprint density at radius 2 is 2.04 bits per heavy atom. The third kappa shape index (κ3) is 3.67. The Morgan fingerprint density at radius 1 is 1.35 bits per heavy atom. The second-order valence-corrected chi connectivity index (χ2v) is 8.12. The number of hydrogen-bond acceptors (Lipinski definition) is 5. The molecule has 0 radical (unpaired) electrons. The van der Waals surface area contributed by atoms with Crippen LogP contribution in [0.15, 0.2) is 18.2 Å². The lowest BCUT2D eigenvalue weighted by atomic mass is 9.90. The van der Waals surface area contributed by atoms with Crippen molar-refractivity contribution in [2.24, 2.45) is 17.1 Å². The summed E-state index contributed by atoms with van der Waals surface area (Å²) in [4.78, 5) is 27.9. The van der Waals surface area contributed by atoms with E-state index in [1.54, 1.807) is 17.0 Å². The van der Waals surface area contributed by atoms with E-state index >= 15 is 0 Å². The van der Waals surface area contributed by atoms with Crippen molar-refractivity contribution in [1.29, 1.82) is 0 Å². The summed E-state index contributed by atoms with van der Waals surface area (Å²) in [5.41, 5.74) is 6.77. The minimum Gasteiger partial charge on any atom is -0.366 e. The Labute approximate surface area is 154 Å². The average molecular weight is 360 g/mol. The van der Waals surface area contributed by atoms with Crippen LogP contribution in [0.25, 0.3) is 0 Å². The first-order valence-corrected chi connectivity index (χ1v) is 9.36. The molecule has 1 amide bonds. The van der Waals surface area contributed by atoms with E-state index in [1.807, 2.05) is 0 Å². The highest BCUT2D eigenvalue weighted by atomic mass is 16.6. The molecule has 2 aliphatic heterocycles. The summed E-state index contributed by atoms with van der Waals surface area (Å²) < 4.78 is 0. The van der Waals surface area contributed by atoms with Gasteiger partial charge in [0.15, 0.2) is 0 Å². The smallest absolute Gasteiger partial charge is 0.293 e. The van der Waals surface area contributed by atoms with E-state index < -0.39 is 0 Å². The molecule has 1 aromatic rings. The fraction of sp³-hybridized carbons (Fsp3) is 0.632. The number of rotatable bonds is 4. The van der Waals surface area contributed by atoms with E-state index in [1.165, 1.54) is 6.07 Å². The third-order valence-corrected chi connectivity index (χ3v) is 5.88. The predicted molar refractivity (Wildman–Crippen MR) is 101 cm³/mol. The van der Waals surface area contributed by atoms with Gasteiger partial charge in [0.25, 0.3) is 11.6 Å². The first-order valence-electron chi connectivity index (χ1n) is 9.36. The maximum Gasteiger partial charge on any atom is 0.293 e. The van der Waals surface area contributed by atoms with Gasteiger partial charge in [0.05, 0.1) is 4.92 Å². The molecule has 0 bridgehead atoms. The fourth-order valence-corrected chi connectivity index (χ4v) is 3.87. The number of nitrogens with two attached hydrogens (primary N) is 1. The molecule has 7 nitrogen and oxygen atoms in total. The lowest BCUT2D eigenvalue weighted by molar-refractivity contribution is -0.384. The van der Waals surface area contributed by atoms with Crippen LogP contribution in [0.4, 0.5) is 11.4 Å². The van der Waals surface area contributed by atoms with Gasteiger partial charge in [0.2, 0.25) is 0 Å². The van der Waals surface area contributed by atoms with Crippen molar-refractivity contribution in [3.8, 4) is 0 Å². The van der Waals surface area contributed by atoms with E-state index in [2.05, 4.69) is 18.7 Å². The summed E-state index contributed by atoms with van der Waals surface area (Å²) in [6.07, 6.45) is 2.92. The number of carbonyl (C=O) groups is 1. The molecule has 0 saturated carbocycles. The molecule has 2 heterocycles. The number of hydrogen-bond donors (Lipinski definition) is 1. The van der Waals surface area contributed by atoms with E-state index in [4.69, 9.17) is 5.73 Å². The Kier molecular flexibility index (Phi) is 5.18. The standard InChI is InChI=1S/C19H28N4O3/c1-14-5-8-21(9-6-14)16-4-3-15(11-17(16)23(25)26)18(24)22-10-7-19(2,12-20)13-22/h3-4,11,14H,5-10,12-13,20H2,1-2H3.